The Morgan fingerprint density at radius 2 is 1.89 bits per heavy atom. The minimum absolute atomic E-state index is 0.766. The third-order valence-corrected chi connectivity index (χ3v) is 3.77. The van der Waals surface area contributed by atoms with E-state index < -0.39 is 0 Å². The number of nitrogens with one attached hydrogen (secondary N) is 1. The lowest BCUT2D eigenvalue weighted by atomic mass is 10.1. The van der Waals surface area contributed by atoms with Gasteiger partial charge in [0.05, 0.1) is 0 Å². The third kappa shape index (κ3) is 2.00. The van der Waals surface area contributed by atoms with Gasteiger partial charge in [-0.3, -0.25) is 0 Å². The monoisotopic (exact) mass is 255 g/mol. The molecular formula is C14H13N3S. The molecule has 3 nitrogen and oxygen atoms in total. The van der Waals surface area contributed by atoms with E-state index in [2.05, 4.69) is 58.0 Å². The number of rotatable bonds is 3. The Hall–Kier alpha value is -1.78. The van der Waals surface area contributed by atoms with Crippen molar-refractivity contribution < 1.29 is 0 Å². The second kappa shape index (κ2) is 4.84. The summed E-state index contributed by atoms with van der Waals surface area (Å²) in [5.74, 6) is 0. The Morgan fingerprint density at radius 1 is 1.06 bits per heavy atom. The van der Waals surface area contributed by atoms with Crippen molar-refractivity contribution in [1.82, 2.24) is 15.5 Å². The Morgan fingerprint density at radius 3 is 2.78 bits per heavy atom. The number of nitrogens with zero attached hydrogens (tertiary/aromatic N) is 2. The lowest BCUT2D eigenvalue weighted by Gasteiger charge is -2.02. The maximum Gasteiger partial charge on any atom is 0.148 e. The molecule has 1 N–H and O–H groups in total. The van der Waals surface area contributed by atoms with Crippen LogP contribution in [0.4, 0.5) is 0 Å². The van der Waals surface area contributed by atoms with Crippen molar-refractivity contribution in [3.63, 3.8) is 0 Å². The van der Waals surface area contributed by atoms with Gasteiger partial charge in [-0.15, -0.1) is 10.2 Å². The van der Waals surface area contributed by atoms with Crippen LogP contribution in [0.3, 0.4) is 0 Å². The van der Waals surface area contributed by atoms with Crippen molar-refractivity contribution >= 4 is 22.1 Å². The van der Waals surface area contributed by atoms with Crippen LogP contribution in [-0.4, -0.2) is 17.2 Å². The summed E-state index contributed by atoms with van der Waals surface area (Å²) >= 11 is 1.64. The van der Waals surface area contributed by atoms with E-state index in [0.717, 1.165) is 22.1 Å². The largest absolute Gasteiger partial charge is 0.313 e. The van der Waals surface area contributed by atoms with Crippen LogP contribution in [0.2, 0.25) is 0 Å². The van der Waals surface area contributed by atoms with Crippen LogP contribution < -0.4 is 5.32 Å². The normalized spacial score (nSPS) is 10.9. The van der Waals surface area contributed by atoms with Gasteiger partial charge in [0.15, 0.2) is 0 Å². The SMILES string of the molecule is CNCc1nnc(-c2cccc3ccccc23)s1. The van der Waals surface area contributed by atoms with Crippen LogP contribution in [0.25, 0.3) is 21.3 Å². The number of fused-ring (bicyclic) bond motifs is 1. The first-order valence-electron chi connectivity index (χ1n) is 5.83. The fourth-order valence-electron chi connectivity index (χ4n) is 2.00. The summed E-state index contributed by atoms with van der Waals surface area (Å²) in [4.78, 5) is 0. The zero-order valence-electron chi connectivity index (χ0n) is 10.1. The minimum atomic E-state index is 0.766. The summed E-state index contributed by atoms with van der Waals surface area (Å²) in [5, 5.41) is 16.0. The first-order chi connectivity index (χ1) is 8.88. The highest BCUT2D eigenvalue weighted by Crippen LogP contribution is 2.30. The molecule has 0 fully saturated rings. The topological polar surface area (TPSA) is 37.8 Å². The van der Waals surface area contributed by atoms with E-state index in [1.165, 1.54) is 10.8 Å². The van der Waals surface area contributed by atoms with E-state index in [1.807, 2.05) is 7.05 Å². The average Bonchev–Trinajstić information content (AvgIpc) is 2.87. The van der Waals surface area contributed by atoms with Gasteiger partial charge in [0.25, 0.3) is 0 Å². The van der Waals surface area contributed by atoms with E-state index in [1.54, 1.807) is 11.3 Å². The van der Waals surface area contributed by atoms with Crippen LogP contribution in [0.1, 0.15) is 5.01 Å². The second-order valence-electron chi connectivity index (χ2n) is 4.06. The lowest BCUT2D eigenvalue weighted by molar-refractivity contribution is 0.795. The molecule has 1 aromatic heterocycles. The molecular weight excluding hydrogens is 242 g/mol. The van der Waals surface area contributed by atoms with E-state index in [0.29, 0.717) is 0 Å². The van der Waals surface area contributed by atoms with Gasteiger partial charge in [0, 0.05) is 12.1 Å². The van der Waals surface area contributed by atoms with Crippen molar-refractivity contribution in [3.05, 3.63) is 47.5 Å². The van der Waals surface area contributed by atoms with Crippen LogP contribution in [0.5, 0.6) is 0 Å². The van der Waals surface area contributed by atoms with Gasteiger partial charge in [-0.25, -0.2) is 0 Å². The molecule has 18 heavy (non-hydrogen) atoms. The van der Waals surface area contributed by atoms with Gasteiger partial charge >= 0.3 is 0 Å². The third-order valence-electron chi connectivity index (χ3n) is 2.81. The number of aromatic nitrogens is 2. The summed E-state index contributed by atoms with van der Waals surface area (Å²) in [7, 11) is 1.92. The highest BCUT2D eigenvalue weighted by molar-refractivity contribution is 7.14. The number of hydrogen-bond acceptors (Lipinski definition) is 4. The molecule has 0 aliphatic heterocycles. The summed E-state index contributed by atoms with van der Waals surface area (Å²) < 4.78 is 0. The average molecular weight is 255 g/mol. The van der Waals surface area contributed by atoms with Crippen LogP contribution >= 0.6 is 11.3 Å². The Balaban J connectivity index is 2.12. The Bertz CT molecular complexity index is 670. The molecule has 3 rings (SSSR count). The first kappa shape index (κ1) is 11.3. The van der Waals surface area contributed by atoms with Crippen LogP contribution in [-0.2, 0) is 6.54 Å². The van der Waals surface area contributed by atoms with E-state index in [9.17, 15) is 0 Å². The van der Waals surface area contributed by atoms with Gasteiger partial charge < -0.3 is 5.32 Å². The summed E-state index contributed by atoms with van der Waals surface area (Å²) in [6, 6.07) is 14.6. The highest BCUT2D eigenvalue weighted by Gasteiger charge is 2.08. The van der Waals surface area contributed by atoms with Crippen molar-refractivity contribution in [2.75, 3.05) is 7.05 Å². The predicted octanol–water partition coefficient (Wildman–Crippen LogP) is 3.08. The molecule has 0 bridgehead atoms. The number of benzene rings is 2. The van der Waals surface area contributed by atoms with E-state index in [4.69, 9.17) is 0 Å². The Labute approximate surface area is 109 Å². The zero-order valence-corrected chi connectivity index (χ0v) is 10.9. The molecule has 4 heteroatoms. The molecule has 0 aliphatic rings. The molecule has 0 unspecified atom stereocenters. The van der Waals surface area contributed by atoms with Gasteiger partial charge in [0.1, 0.15) is 10.0 Å². The molecule has 0 saturated heterocycles. The van der Waals surface area contributed by atoms with Gasteiger partial charge in [-0.1, -0.05) is 53.8 Å². The van der Waals surface area contributed by atoms with Crippen molar-refractivity contribution in [2.24, 2.45) is 0 Å². The smallest absolute Gasteiger partial charge is 0.148 e. The van der Waals surface area contributed by atoms with Gasteiger partial charge in [0.2, 0.25) is 0 Å². The van der Waals surface area contributed by atoms with Crippen LogP contribution in [0, 0.1) is 0 Å². The van der Waals surface area contributed by atoms with E-state index >= 15 is 0 Å². The number of hydrogen-bond donors (Lipinski definition) is 1. The van der Waals surface area contributed by atoms with Gasteiger partial charge in [-0.2, -0.15) is 0 Å². The van der Waals surface area contributed by atoms with Crippen molar-refractivity contribution in [3.8, 4) is 10.6 Å². The maximum absolute atomic E-state index is 4.28. The second-order valence-corrected chi connectivity index (χ2v) is 5.12. The molecule has 2 aromatic carbocycles. The highest BCUT2D eigenvalue weighted by atomic mass is 32.1. The zero-order chi connectivity index (χ0) is 12.4. The molecule has 90 valence electrons. The van der Waals surface area contributed by atoms with E-state index in [-0.39, 0.29) is 0 Å². The molecule has 0 atom stereocenters. The Kier molecular flexibility index (Phi) is 3.04. The van der Waals surface area contributed by atoms with Gasteiger partial charge in [-0.05, 0) is 17.8 Å². The molecule has 1 heterocycles. The molecule has 0 aliphatic carbocycles. The predicted molar refractivity (Wildman–Crippen MR) is 75.6 cm³/mol. The molecule has 0 saturated carbocycles. The molecule has 3 aromatic rings. The quantitative estimate of drug-likeness (QED) is 0.781. The summed E-state index contributed by atoms with van der Waals surface area (Å²) in [6.45, 7) is 0.766. The molecule has 0 radical (unpaired) electrons. The van der Waals surface area contributed by atoms with Crippen molar-refractivity contribution in [1.29, 1.82) is 0 Å². The fraction of sp³-hybridized carbons (Fsp3) is 0.143. The fourth-order valence-corrected chi connectivity index (χ4v) is 2.89. The van der Waals surface area contributed by atoms with Crippen molar-refractivity contribution in [2.45, 2.75) is 6.54 Å². The maximum atomic E-state index is 4.28. The molecule has 0 spiro atoms. The summed E-state index contributed by atoms with van der Waals surface area (Å²) in [5.41, 5.74) is 1.16. The summed E-state index contributed by atoms with van der Waals surface area (Å²) in [6.07, 6.45) is 0. The first-order valence-corrected chi connectivity index (χ1v) is 6.65. The van der Waals surface area contributed by atoms with Crippen LogP contribution in [0.15, 0.2) is 42.5 Å². The lowest BCUT2D eigenvalue weighted by Crippen LogP contribution is -2.04. The standard InChI is InChI=1S/C14H13N3S/c1-15-9-13-16-17-14(18-13)12-8-4-6-10-5-2-3-7-11(10)12/h2-8,15H,9H2,1H3. The minimum Gasteiger partial charge on any atom is -0.313 e. The molecule has 0 amide bonds.